The van der Waals surface area contributed by atoms with Crippen LogP contribution in [0, 0.1) is 13.8 Å². The summed E-state index contributed by atoms with van der Waals surface area (Å²) in [5, 5.41) is 1.20. The molecule has 8 nitrogen and oxygen atoms in total. The lowest BCUT2D eigenvalue weighted by atomic mass is 9.98. The Morgan fingerprint density at radius 2 is 1.69 bits per heavy atom. The molecule has 1 aliphatic rings. The van der Waals surface area contributed by atoms with E-state index >= 15 is 0 Å². The summed E-state index contributed by atoms with van der Waals surface area (Å²) in [7, 11) is 2.14. The Labute approximate surface area is 229 Å². The number of benzene rings is 2. The van der Waals surface area contributed by atoms with Gasteiger partial charge in [-0.3, -0.25) is 19.8 Å². The molecule has 0 aliphatic carbocycles. The van der Waals surface area contributed by atoms with Crippen LogP contribution in [-0.2, 0) is 17.8 Å². The number of hydrogen-bond acceptors (Lipinski definition) is 5. The maximum Gasteiger partial charge on any atom is 0.272 e. The molecule has 3 aromatic rings. The van der Waals surface area contributed by atoms with E-state index in [-0.39, 0.29) is 12.1 Å². The maximum atomic E-state index is 13.8. The van der Waals surface area contributed by atoms with Gasteiger partial charge < -0.3 is 14.8 Å². The fourth-order valence-corrected chi connectivity index (χ4v) is 4.88. The number of pyridine rings is 1. The number of aryl methyl sites for hydroxylation is 3. The molecule has 0 bridgehead atoms. The molecule has 2 amide bonds. The molecule has 2 aromatic carbocycles. The van der Waals surface area contributed by atoms with Crippen LogP contribution in [0.1, 0.15) is 39.7 Å². The number of nitrogens with one attached hydrogen (secondary N) is 2. The fourth-order valence-electron chi connectivity index (χ4n) is 4.88. The SMILES string of the molecule is C=CC(=O)NN(Cc1c(CC)cc(C)[nH]c1=O)C(=O)c1cc(-c2ccc(N3CCN(C)CC3)cc2)ccc1C. The van der Waals surface area contributed by atoms with Gasteiger partial charge in [-0.1, -0.05) is 37.8 Å². The van der Waals surface area contributed by atoms with Gasteiger partial charge in [0.25, 0.3) is 17.4 Å². The first kappa shape index (κ1) is 27.9. The summed E-state index contributed by atoms with van der Waals surface area (Å²) in [6, 6.07) is 16.0. The molecule has 1 aliphatic heterocycles. The minimum atomic E-state index is -0.529. The van der Waals surface area contributed by atoms with Crippen LogP contribution in [0.15, 0.2) is 66.0 Å². The van der Waals surface area contributed by atoms with E-state index in [9.17, 15) is 14.4 Å². The van der Waals surface area contributed by atoms with Crippen LogP contribution in [0.5, 0.6) is 0 Å². The highest BCUT2D eigenvalue weighted by Gasteiger charge is 2.23. The predicted molar refractivity (Wildman–Crippen MR) is 156 cm³/mol. The van der Waals surface area contributed by atoms with E-state index in [4.69, 9.17) is 0 Å². The molecule has 0 spiro atoms. The smallest absolute Gasteiger partial charge is 0.272 e. The summed E-state index contributed by atoms with van der Waals surface area (Å²) in [6.45, 7) is 13.1. The zero-order chi connectivity index (χ0) is 28.1. The molecule has 0 atom stereocenters. The van der Waals surface area contributed by atoms with Crippen LogP contribution in [0.2, 0.25) is 0 Å². The lowest BCUT2D eigenvalue weighted by Crippen LogP contribution is -2.46. The van der Waals surface area contributed by atoms with Crippen molar-refractivity contribution >= 4 is 17.5 Å². The molecule has 1 fully saturated rings. The zero-order valence-electron chi connectivity index (χ0n) is 23.2. The lowest BCUT2D eigenvalue weighted by molar-refractivity contribution is -0.120. The minimum absolute atomic E-state index is 0.0689. The number of piperazine rings is 1. The van der Waals surface area contributed by atoms with Gasteiger partial charge in [0.1, 0.15) is 0 Å². The van der Waals surface area contributed by atoms with Crippen molar-refractivity contribution in [1.82, 2.24) is 20.3 Å². The Morgan fingerprint density at radius 3 is 2.33 bits per heavy atom. The Bertz CT molecular complexity index is 1420. The molecule has 0 radical (unpaired) electrons. The van der Waals surface area contributed by atoms with Crippen LogP contribution in [0.4, 0.5) is 5.69 Å². The van der Waals surface area contributed by atoms with Crippen molar-refractivity contribution in [2.75, 3.05) is 38.1 Å². The summed E-state index contributed by atoms with van der Waals surface area (Å²) >= 11 is 0. The van der Waals surface area contributed by atoms with Gasteiger partial charge in [0, 0.05) is 48.7 Å². The van der Waals surface area contributed by atoms with Crippen LogP contribution in [0.25, 0.3) is 11.1 Å². The van der Waals surface area contributed by atoms with E-state index in [1.807, 2.05) is 45.0 Å². The average molecular weight is 528 g/mol. The first-order chi connectivity index (χ1) is 18.7. The van der Waals surface area contributed by atoms with E-state index < -0.39 is 11.8 Å². The molecule has 1 aromatic heterocycles. The molecule has 204 valence electrons. The summed E-state index contributed by atoms with van der Waals surface area (Å²) in [5.74, 6) is -0.932. The number of hydrogen-bond donors (Lipinski definition) is 2. The number of amides is 2. The molecule has 2 heterocycles. The molecule has 0 unspecified atom stereocenters. The van der Waals surface area contributed by atoms with Crippen molar-refractivity contribution in [2.45, 2.75) is 33.7 Å². The van der Waals surface area contributed by atoms with Gasteiger partial charge in [-0.05, 0) is 79.9 Å². The molecule has 1 saturated heterocycles. The molecule has 0 saturated carbocycles. The summed E-state index contributed by atoms with van der Waals surface area (Å²) in [4.78, 5) is 46.4. The topological polar surface area (TPSA) is 88.8 Å². The Hall–Kier alpha value is -4.17. The second-order valence-electron chi connectivity index (χ2n) is 10.1. The van der Waals surface area contributed by atoms with Crippen molar-refractivity contribution < 1.29 is 9.59 Å². The van der Waals surface area contributed by atoms with Crippen LogP contribution >= 0.6 is 0 Å². The third kappa shape index (κ3) is 6.46. The third-order valence-corrected chi connectivity index (χ3v) is 7.27. The molecule has 8 heteroatoms. The van der Waals surface area contributed by atoms with E-state index in [2.05, 4.69) is 58.1 Å². The monoisotopic (exact) mass is 527 g/mol. The highest BCUT2D eigenvalue weighted by Crippen LogP contribution is 2.27. The Balaban J connectivity index is 1.63. The third-order valence-electron chi connectivity index (χ3n) is 7.27. The first-order valence-corrected chi connectivity index (χ1v) is 13.3. The number of aromatic amines is 1. The Morgan fingerprint density at radius 1 is 1.03 bits per heavy atom. The van der Waals surface area contributed by atoms with Gasteiger partial charge in [0.15, 0.2) is 0 Å². The second kappa shape index (κ2) is 12.1. The van der Waals surface area contributed by atoms with Crippen LogP contribution in [-0.4, -0.2) is 59.9 Å². The van der Waals surface area contributed by atoms with Crippen LogP contribution in [0.3, 0.4) is 0 Å². The van der Waals surface area contributed by atoms with E-state index in [1.165, 1.54) is 10.7 Å². The Kier molecular flexibility index (Phi) is 8.66. The maximum absolute atomic E-state index is 13.8. The number of nitrogens with zero attached hydrogens (tertiary/aromatic N) is 3. The predicted octanol–water partition coefficient (Wildman–Crippen LogP) is 3.83. The van der Waals surface area contributed by atoms with Crippen LogP contribution < -0.4 is 15.9 Å². The summed E-state index contributed by atoms with van der Waals surface area (Å²) in [6.07, 6.45) is 1.72. The van der Waals surface area contributed by atoms with Crippen molar-refractivity contribution in [3.63, 3.8) is 0 Å². The van der Waals surface area contributed by atoms with Gasteiger partial charge in [0.05, 0.1) is 6.54 Å². The van der Waals surface area contributed by atoms with E-state index in [1.54, 1.807) is 0 Å². The quantitative estimate of drug-likeness (QED) is 0.360. The second-order valence-corrected chi connectivity index (χ2v) is 10.1. The number of carbonyl (C=O) groups excluding carboxylic acids is 2. The summed E-state index contributed by atoms with van der Waals surface area (Å²) in [5.41, 5.74) is 8.63. The number of rotatable bonds is 7. The minimum Gasteiger partial charge on any atom is -0.369 e. The molecule has 2 N–H and O–H groups in total. The van der Waals surface area contributed by atoms with Gasteiger partial charge >= 0.3 is 0 Å². The normalized spacial score (nSPS) is 13.7. The van der Waals surface area contributed by atoms with E-state index in [0.29, 0.717) is 17.5 Å². The van der Waals surface area contributed by atoms with Crippen molar-refractivity contribution in [3.05, 3.63) is 99.5 Å². The number of carbonyl (C=O) groups is 2. The van der Waals surface area contributed by atoms with Crippen molar-refractivity contribution in [1.29, 1.82) is 0 Å². The highest BCUT2D eigenvalue weighted by atomic mass is 16.2. The highest BCUT2D eigenvalue weighted by molar-refractivity contribution is 5.99. The number of anilines is 1. The number of aromatic nitrogens is 1. The molecular formula is C31H37N5O3. The molecule has 4 rings (SSSR count). The molecular weight excluding hydrogens is 490 g/mol. The number of H-pyrrole nitrogens is 1. The standard InChI is InChI=1S/C31H37N5O3/c1-6-23-18-22(4)32-30(38)28(23)20-36(33-29(37)7-2)31(39)27-19-25(9-8-21(27)3)24-10-12-26(13-11-24)35-16-14-34(5)15-17-35/h7-13,18-19H,2,6,14-17,20H2,1,3-5H3,(H,32,38)(H,33,37). The fraction of sp³-hybridized carbons (Fsp3) is 0.323. The number of likely N-dealkylation sites (N-methyl/N-ethyl adjacent to an activating group) is 1. The average Bonchev–Trinajstić information content (AvgIpc) is 2.94. The van der Waals surface area contributed by atoms with Gasteiger partial charge in [-0.2, -0.15) is 0 Å². The van der Waals surface area contributed by atoms with Gasteiger partial charge in [-0.25, -0.2) is 5.01 Å². The van der Waals surface area contributed by atoms with Gasteiger partial charge in [-0.15, -0.1) is 0 Å². The number of hydrazine groups is 1. The van der Waals surface area contributed by atoms with Gasteiger partial charge in [0.2, 0.25) is 0 Å². The largest absolute Gasteiger partial charge is 0.369 e. The molecule has 39 heavy (non-hydrogen) atoms. The zero-order valence-corrected chi connectivity index (χ0v) is 23.2. The van der Waals surface area contributed by atoms with E-state index in [0.717, 1.165) is 60.2 Å². The van der Waals surface area contributed by atoms with Crippen molar-refractivity contribution in [2.24, 2.45) is 0 Å². The lowest BCUT2D eigenvalue weighted by Gasteiger charge is -2.34. The first-order valence-electron chi connectivity index (χ1n) is 13.3. The van der Waals surface area contributed by atoms with Crippen molar-refractivity contribution in [3.8, 4) is 11.1 Å². The summed E-state index contributed by atoms with van der Waals surface area (Å²) < 4.78 is 0.